The molecule has 4 N–H and O–H groups in total. The number of carboxylic acids is 1. The van der Waals surface area contributed by atoms with E-state index in [1.165, 1.54) is 6.92 Å². The average Bonchev–Trinajstić information content (AvgIpc) is 3.71. The average molecular weight is 713 g/mol. The van der Waals surface area contributed by atoms with E-state index in [-0.39, 0.29) is 48.6 Å². The molecule has 3 fully saturated rings. The molecule has 280 valence electrons. The van der Waals surface area contributed by atoms with Gasteiger partial charge < -0.3 is 20.4 Å². The molecule has 0 radical (unpaired) electrons. The Kier molecular flexibility index (Phi) is 8.68. The summed E-state index contributed by atoms with van der Waals surface area (Å²) in [4.78, 5) is 53.8. The van der Waals surface area contributed by atoms with Crippen LogP contribution < -0.4 is 0 Å². The van der Waals surface area contributed by atoms with Crippen molar-refractivity contribution in [2.75, 3.05) is 0 Å². The maximum atomic E-state index is 15.4. The van der Waals surface area contributed by atoms with Gasteiger partial charge in [0.15, 0.2) is 11.6 Å². The normalized spacial score (nSPS) is 41.1. The van der Waals surface area contributed by atoms with Gasteiger partial charge in [0.25, 0.3) is 0 Å². The highest BCUT2D eigenvalue weighted by Crippen LogP contribution is 2.80. The van der Waals surface area contributed by atoms with Crippen molar-refractivity contribution in [1.82, 2.24) is 0 Å². The van der Waals surface area contributed by atoms with Crippen LogP contribution in [0.4, 0.5) is 0 Å². The van der Waals surface area contributed by atoms with Crippen LogP contribution in [0.2, 0.25) is 0 Å². The van der Waals surface area contributed by atoms with E-state index in [2.05, 4.69) is 13.8 Å². The lowest BCUT2D eigenvalue weighted by Crippen LogP contribution is -2.70. The predicted octanol–water partition coefficient (Wildman–Crippen LogP) is 6.52. The van der Waals surface area contributed by atoms with Gasteiger partial charge in [-0.1, -0.05) is 96.0 Å². The second kappa shape index (κ2) is 12.2. The first-order chi connectivity index (χ1) is 24.3. The van der Waals surface area contributed by atoms with E-state index in [4.69, 9.17) is 0 Å². The van der Waals surface area contributed by atoms with Crippen molar-refractivity contribution in [2.24, 2.45) is 57.2 Å². The largest absolute Gasteiger partial charge is 0.481 e. The smallest absolute Gasteiger partial charge is 0.313 e. The second-order valence-electron chi connectivity index (χ2n) is 18.4. The number of carbonyl (C=O) groups is 4. The first kappa shape index (κ1) is 37.1. The monoisotopic (exact) mass is 712 g/mol. The first-order valence-electron chi connectivity index (χ1n) is 19.5. The summed E-state index contributed by atoms with van der Waals surface area (Å²) in [5, 5.41) is 47.4. The topological polar surface area (TPSA) is 149 Å². The molecular formula is C44H56O8. The Labute approximate surface area is 307 Å². The number of ketones is 3. The summed E-state index contributed by atoms with van der Waals surface area (Å²) in [6, 6.07) is 9.85. The molecular weight excluding hydrogens is 656 g/mol. The summed E-state index contributed by atoms with van der Waals surface area (Å²) < 4.78 is 0. The van der Waals surface area contributed by atoms with Crippen LogP contribution in [0.3, 0.4) is 0 Å². The highest BCUT2D eigenvalue weighted by Gasteiger charge is 2.80. The number of allylic oxidation sites excluding steroid dienone is 1. The molecule has 0 saturated heterocycles. The molecule has 11 unspecified atom stereocenters. The van der Waals surface area contributed by atoms with Gasteiger partial charge in [0.2, 0.25) is 0 Å². The zero-order chi connectivity index (χ0) is 37.8. The zero-order valence-corrected chi connectivity index (χ0v) is 31.5. The third-order valence-corrected chi connectivity index (χ3v) is 15.8. The summed E-state index contributed by atoms with van der Waals surface area (Å²) >= 11 is 0. The maximum Gasteiger partial charge on any atom is 0.313 e. The number of aliphatic carboxylic acids is 1. The fourth-order valence-corrected chi connectivity index (χ4v) is 13.3. The molecule has 11 atom stereocenters. The van der Waals surface area contributed by atoms with Gasteiger partial charge in [0.05, 0.1) is 5.60 Å². The number of rotatable bonds is 9. The van der Waals surface area contributed by atoms with Crippen LogP contribution in [0.15, 0.2) is 59.7 Å². The number of hydrogen-bond donors (Lipinski definition) is 4. The molecule has 8 heteroatoms. The highest BCUT2D eigenvalue weighted by atomic mass is 16.4. The third kappa shape index (κ3) is 4.75. The van der Waals surface area contributed by atoms with Crippen molar-refractivity contribution < 1.29 is 39.6 Å². The summed E-state index contributed by atoms with van der Waals surface area (Å²) in [5.41, 5.74) is -4.46. The van der Waals surface area contributed by atoms with E-state index < -0.39 is 68.5 Å². The van der Waals surface area contributed by atoms with E-state index in [0.717, 1.165) is 31.2 Å². The van der Waals surface area contributed by atoms with Gasteiger partial charge >= 0.3 is 5.97 Å². The Balaban J connectivity index is 1.46. The second-order valence-corrected chi connectivity index (χ2v) is 18.4. The SMILES string of the molecule is CC(C(=O)O)C(=O)C(O)CC(C)C1CC2(O)C=CC3(O)C4=C(C(=O)CC1(C1CCCC1)C42C)C1(C)CCC(=O)C(C)(C)C1C3C=Cc1ccccc1. The fraction of sp³-hybridized carbons (Fsp3) is 0.636. The molecule has 6 aliphatic rings. The van der Waals surface area contributed by atoms with Gasteiger partial charge in [0, 0.05) is 40.6 Å². The van der Waals surface area contributed by atoms with Crippen molar-refractivity contribution in [1.29, 1.82) is 0 Å². The van der Waals surface area contributed by atoms with Crippen LogP contribution in [0.25, 0.3) is 6.08 Å². The van der Waals surface area contributed by atoms with Gasteiger partial charge in [-0.15, -0.1) is 0 Å². The molecule has 0 aromatic heterocycles. The number of aliphatic hydroxyl groups is 3. The minimum atomic E-state index is -1.68. The minimum absolute atomic E-state index is 0.00829. The standard InChI is InChI=1S/C44H56O8/c1-25(22-31(45)35(48)26(2)38(49)50)30-23-42(51)20-21-44(52)29(17-16-27-12-8-7-9-13-27)36-39(3,4)33(47)18-19-40(36,5)34-32(46)24-43(30,28-14-10-11-15-28)41(42,6)37(34)44/h7-9,12-13,16-17,20-21,25-26,28-31,36,45,51-52H,10-11,14-15,18-19,22-24H2,1-6H3,(H,49,50). The molecule has 6 aliphatic carbocycles. The van der Waals surface area contributed by atoms with Crippen LogP contribution in [-0.2, 0) is 19.2 Å². The molecule has 0 aliphatic heterocycles. The molecule has 1 aromatic rings. The quantitative estimate of drug-likeness (QED) is 0.167. The molecule has 1 aromatic carbocycles. The number of aliphatic hydroxyl groups excluding tert-OH is 1. The molecule has 7 rings (SSSR count). The van der Waals surface area contributed by atoms with Crippen molar-refractivity contribution in [2.45, 2.75) is 117 Å². The molecule has 0 amide bonds. The third-order valence-electron chi connectivity index (χ3n) is 15.8. The summed E-state index contributed by atoms with van der Waals surface area (Å²) in [7, 11) is 0. The molecule has 52 heavy (non-hydrogen) atoms. The molecule has 3 saturated carbocycles. The lowest BCUT2D eigenvalue weighted by molar-refractivity contribution is -0.169. The lowest BCUT2D eigenvalue weighted by atomic mass is 9.35. The van der Waals surface area contributed by atoms with Crippen molar-refractivity contribution >= 4 is 29.4 Å². The van der Waals surface area contributed by atoms with Gasteiger partial charge in [-0.05, 0) is 85.3 Å². The van der Waals surface area contributed by atoms with Crippen LogP contribution in [0.1, 0.15) is 105 Å². The van der Waals surface area contributed by atoms with Crippen molar-refractivity contribution in [3.8, 4) is 0 Å². The van der Waals surface area contributed by atoms with E-state index in [0.29, 0.717) is 24.0 Å². The van der Waals surface area contributed by atoms with Crippen LogP contribution >= 0.6 is 0 Å². The van der Waals surface area contributed by atoms with Crippen LogP contribution in [0.5, 0.6) is 0 Å². The summed E-state index contributed by atoms with van der Waals surface area (Å²) in [6.07, 6.45) is 11.0. The Morgan fingerprint density at radius 3 is 2.27 bits per heavy atom. The van der Waals surface area contributed by atoms with Crippen molar-refractivity contribution in [3.63, 3.8) is 0 Å². The van der Waals surface area contributed by atoms with E-state index in [9.17, 15) is 34.8 Å². The highest BCUT2D eigenvalue weighted by molar-refractivity contribution is 6.02. The van der Waals surface area contributed by atoms with Crippen LogP contribution in [0, 0.1) is 57.2 Å². The van der Waals surface area contributed by atoms with Gasteiger partial charge in [-0.3, -0.25) is 19.2 Å². The molecule has 0 heterocycles. The number of carbonyl (C=O) groups excluding carboxylic acids is 3. The van der Waals surface area contributed by atoms with Gasteiger partial charge in [0.1, 0.15) is 23.4 Å². The summed E-state index contributed by atoms with van der Waals surface area (Å²) in [6.45, 7) is 11.3. The predicted molar refractivity (Wildman–Crippen MR) is 196 cm³/mol. The van der Waals surface area contributed by atoms with Crippen LogP contribution in [-0.4, -0.2) is 61.1 Å². The number of carboxylic acid groups (broad SMARTS) is 1. The van der Waals surface area contributed by atoms with Crippen molar-refractivity contribution in [3.05, 3.63) is 65.3 Å². The summed E-state index contributed by atoms with van der Waals surface area (Å²) in [5.74, 6) is -4.92. The number of benzene rings is 1. The first-order valence-corrected chi connectivity index (χ1v) is 19.5. The lowest BCUT2D eigenvalue weighted by Gasteiger charge is -2.69. The van der Waals surface area contributed by atoms with Gasteiger partial charge in [-0.25, -0.2) is 0 Å². The number of Topliss-reactive ketones (excluding diaryl/α,β-unsaturated/α-hetero) is 3. The Hall–Kier alpha value is -3.20. The van der Waals surface area contributed by atoms with E-state index >= 15 is 4.79 Å². The Morgan fingerprint density at radius 1 is 0.981 bits per heavy atom. The maximum absolute atomic E-state index is 15.4. The number of hydrogen-bond acceptors (Lipinski definition) is 7. The fourth-order valence-electron chi connectivity index (χ4n) is 13.3. The van der Waals surface area contributed by atoms with Gasteiger partial charge in [-0.2, -0.15) is 0 Å². The Morgan fingerprint density at radius 2 is 1.63 bits per heavy atom. The molecule has 0 spiro atoms. The molecule has 0 bridgehead atoms. The zero-order valence-electron chi connectivity index (χ0n) is 31.5. The number of fused-ring (bicyclic) bond motifs is 2. The van der Waals surface area contributed by atoms with E-state index in [1.807, 2.05) is 63.3 Å². The minimum Gasteiger partial charge on any atom is -0.481 e. The van der Waals surface area contributed by atoms with E-state index in [1.54, 1.807) is 12.2 Å². The molecule has 8 nitrogen and oxygen atoms in total. The Bertz CT molecular complexity index is 1780.